The number of benzene rings is 3. The Bertz CT molecular complexity index is 2180. The van der Waals surface area contributed by atoms with Crippen LogP contribution in [0.4, 0.5) is 13.2 Å². The Labute approximate surface area is 284 Å². The molecule has 0 aliphatic rings. The molecule has 0 atom stereocenters. The Balaban J connectivity index is 0.000000252. The summed E-state index contributed by atoms with van der Waals surface area (Å²) >= 11 is 0. The molecular weight excluding hydrogens is 657 g/mol. The van der Waals surface area contributed by atoms with Gasteiger partial charge < -0.3 is 14.2 Å². The van der Waals surface area contributed by atoms with Gasteiger partial charge in [0, 0.05) is 0 Å². The lowest BCUT2D eigenvalue weighted by molar-refractivity contribution is -0.274. The van der Waals surface area contributed by atoms with Gasteiger partial charge in [0.05, 0.1) is 17.7 Å². The summed E-state index contributed by atoms with van der Waals surface area (Å²) in [4.78, 5) is 54.8. The van der Waals surface area contributed by atoms with Crippen LogP contribution in [0.3, 0.4) is 0 Å². The van der Waals surface area contributed by atoms with Crippen molar-refractivity contribution in [3.05, 3.63) is 141 Å². The van der Waals surface area contributed by atoms with E-state index in [1.165, 1.54) is 16.7 Å². The maximum Gasteiger partial charge on any atom is 0.573 e. The Hall–Kier alpha value is -5.79. The fourth-order valence-corrected chi connectivity index (χ4v) is 5.26. The second-order valence-corrected chi connectivity index (χ2v) is 11.6. The minimum absolute atomic E-state index is 0.0188. The molecule has 0 saturated carbocycles. The minimum Gasteiger partial charge on any atom is -0.440 e. The van der Waals surface area contributed by atoms with E-state index in [-0.39, 0.29) is 29.6 Å². The standard InChI is InChI=1S/C22H21F3N2O4.C14H16N2O3/c1-4-18-19(28)26-21(29)27(20(18)30-17-10-13(2)9-14(3)11-17)12-15-5-7-16(8-6-15)31-22(23,24)25;1-4-11-12(17)15-14(18)16-13(11)19-10-6-8(2)5-9(3)7-10/h5-11H,4,12H2,1-3H3,(H,26,28,29);5-7H,4H2,1-3H3,(H2,15,16,17,18). The van der Waals surface area contributed by atoms with Crippen LogP contribution in [0.5, 0.6) is 29.0 Å². The van der Waals surface area contributed by atoms with Gasteiger partial charge in [-0.3, -0.25) is 29.1 Å². The van der Waals surface area contributed by atoms with E-state index >= 15 is 0 Å². The van der Waals surface area contributed by atoms with Gasteiger partial charge in [0.15, 0.2) is 0 Å². The molecule has 5 rings (SSSR count). The van der Waals surface area contributed by atoms with Gasteiger partial charge in [0.2, 0.25) is 11.8 Å². The van der Waals surface area contributed by atoms with Crippen LogP contribution in [-0.2, 0) is 19.4 Å². The van der Waals surface area contributed by atoms with Crippen LogP contribution in [0.25, 0.3) is 0 Å². The molecule has 0 fully saturated rings. The highest BCUT2D eigenvalue weighted by molar-refractivity contribution is 5.39. The third-order valence-electron chi connectivity index (χ3n) is 7.27. The number of hydrogen-bond donors (Lipinski definition) is 3. The summed E-state index contributed by atoms with van der Waals surface area (Å²) in [5, 5.41) is 0. The fraction of sp³-hybridized carbons (Fsp3) is 0.278. The molecule has 0 aliphatic carbocycles. The molecule has 0 bridgehead atoms. The van der Waals surface area contributed by atoms with Gasteiger partial charge in [0.25, 0.3) is 11.1 Å². The maximum atomic E-state index is 12.6. The van der Waals surface area contributed by atoms with Crippen molar-refractivity contribution in [2.24, 2.45) is 0 Å². The zero-order chi connectivity index (χ0) is 36.7. The first-order valence-corrected chi connectivity index (χ1v) is 15.6. The number of H-pyrrole nitrogens is 3. The number of rotatable bonds is 9. The summed E-state index contributed by atoms with van der Waals surface area (Å²) in [6, 6.07) is 16.4. The lowest BCUT2D eigenvalue weighted by Gasteiger charge is -2.17. The van der Waals surface area contributed by atoms with E-state index in [0.717, 1.165) is 34.4 Å². The topological polar surface area (TPSA) is 148 Å². The van der Waals surface area contributed by atoms with E-state index < -0.39 is 28.9 Å². The average molecular weight is 695 g/mol. The van der Waals surface area contributed by atoms with E-state index in [1.54, 1.807) is 19.1 Å². The van der Waals surface area contributed by atoms with Crippen molar-refractivity contribution in [2.75, 3.05) is 0 Å². The summed E-state index contributed by atoms with van der Waals surface area (Å²) in [7, 11) is 0. The van der Waals surface area contributed by atoms with Crippen molar-refractivity contribution in [1.82, 2.24) is 19.5 Å². The number of aryl methyl sites for hydroxylation is 4. The molecule has 3 aromatic carbocycles. The van der Waals surface area contributed by atoms with E-state index in [0.29, 0.717) is 35.5 Å². The molecule has 2 heterocycles. The zero-order valence-corrected chi connectivity index (χ0v) is 28.3. The second kappa shape index (κ2) is 15.6. The summed E-state index contributed by atoms with van der Waals surface area (Å²) in [6.07, 6.45) is -4.00. The van der Waals surface area contributed by atoms with Gasteiger partial charge in [-0.15, -0.1) is 13.2 Å². The molecule has 0 radical (unpaired) electrons. The molecule has 3 N–H and O–H groups in total. The highest BCUT2D eigenvalue weighted by atomic mass is 19.4. The number of hydrogen-bond acceptors (Lipinski definition) is 7. The van der Waals surface area contributed by atoms with Gasteiger partial charge in [-0.2, -0.15) is 0 Å². The van der Waals surface area contributed by atoms with Crippen LogP contribution >= 0.6 is 0 Å². The van der Waals surface area contributed by atoms with Crippen molar-refractivity contribution < 1.29 is 27.4 Å². The Morgan fingerprint density at radius 2 is 1.14 bits per heavy atom. The molecule has 0 unspecified atom stereocenters. The number of aromatic amines is 3. The van der Waals surface area contributed by atoms with E-state index in [9.17, 15) is 32.3 Å². The molecule has 0 spiro atoms. The Morgan fingerprint density at radius 1 is 0.640 bits per heavy atom. The SMILES string of the molecule is CCc1c(Oc2cc(C)cc(C)c2)[nH]c(=O)[nH]c1=O.CCc1c(Oc2cc(C)cc(C)c2)n(Cc2ccc(OC(F)(F)F)cc2)c(=O)[nH]c1=O. The lowest BCUT2D eigenvalue weighted by atomic mass is 10.1. The van der Waals surface area contributed by atoms with Crippen molar-refractivity contribution in [3.8, 4) is 29.0 Å². The molecular formula is C36H37F3N4O7. The molecule has 50 heavy (non-hydrogen) atoms. The van der Waals surface area contributed by atoms with Crippen molar-refractivity contribution >= 4 is 0 Å². The number of halogens is 3. The normalized spacial score (nSPS) is 11.1. The van der Waals surface area contributed by atoms with Crippen molar-refractivity contribution in [3.63, 3.8) is 0 Å². The highest BCUT2D eigenvalue weighted by Gasteiger charge is 2.31. The second-order valence-electron chi connectivity index (χ2n) is 11.6. The van der Waals surface area contributed by atoms with Gasteiger partial charge in [-0.05, 0) is 105 Å². The van der Waals surface area contributed by atoms with E-state index in [4.69, 9.17) is 9.47 Å². The molecule has 11 nitrogen and oxygen atoms in total. The molecule has 0 saturated heterocycles. The largest absolute Gasteiger partial charge is 0.573 e. The predicted molar refractivity (Wildman–Crippen MR) is 182 cm³/mol. The quantitative estimate of drug-likeness (QED) is 0.160. The van der Waals surface area contributed by atoms with Crippen LogP contribution < -0.4 is 36.7 Å². The first kappa shape index (κ1) is 37.0. The van der Waals surface area contributed by atoms with Crippen molar-refractivity contribution in [1.29, 1.82) is 0 Å². The van der Waals surface area contributed by atoms with Crippen molar-refractivity contribution in [2.45, 2.75) is 67.3 Å². The highest BCUT2D eigenvalue weighted by Crippen LogP contribution is 2.27. The summed E-state index contributed by atoms with van der Waals surface area (Å²) in [6.45, 7) is 11.3. The molecule has 0 aliphatic heterocycles. The maximum absolute atomic E-state index is 12.6. The van der Waals surface area contributed by atoms with Crippen LogP contribution in [0.15, 0.2) is 79.8 Å². The summed E-state index contributed by atoms with van der Waals surface area (Å²) in [5.41, 5.74) is 3.05. The minimum atomic E-state index is -4.79. The fourth-order valence-electron chi connectivity index (χ4n) is 5.26. The zero-order valence-electron chi connectivity index (χ0n) is 28.3. The smallest absolute Gasteiger partial charge is 0.440 e. The van der Waals surface area contributed by atoms with Crippen LogP contribution in [0.2, 0.25) is 0 Å². The van der Waals surface area contributed by atoms with E-state index in [2.05, 4.69) is 19.7 Å². The molecule has 2 aromatic heterocycles. The van der Waals surface area contributed by atoms with Gasteiger partial charge in [-0.25, -0.2) is 9.59 Å². The third-order valence-corrected chi connectivity index (χ3v) is 7.27. The number of ether oxygens (including phenoxy) is 3. The summed E-state index contributed by atoms with van der Waals surface area (Å²) < 4.78 is 53.8. The first-order valence-electron chi connectivity index (χ1n) is 15.6. The predicted octanol–water partition coefficient (Wildman–Crippen LogP) is 6.49. The molecule has 14 heteroatoms. The third kappa shape index (κ3) is 9.87. The van der Waals surface area contributed by atoms with Gasteiger partial charge in [0.1, 0.15) is 17.2 Å². The van der Waals surface area contributed by atoms with Gasteiger partial charge >= 0.3 is 17.7 Å². The molecule has 0 amide bonds. The molecule has 264 valence electrons. The van der Waals surface area contributed by atoms with Crippen LogP contribution in [0, 0.1) is 27.7 Å². The number of nitrogens with one attached hydrogen (secondary N) is 3. The molecule has 5 aromatic rings. The van der Waals surface area contributed by atoms with Crippen LogP contribution in [0.1, 0.15) is 52.8 Å². The number of alkyl halides is 3. The first-order chi connectivity index (χ1) is 23.5. The lowest BCUT2D eigenvalue weighted by Crippen LogP contribution is -2.33. The average Bonchev–Trinajstić information content (AvgIpc) is 2.98. The number of nitrogens with zero attached hydrogens (tertiary/aromatic N) is 1. The Kier molecular flexibility index (Phi) is 11.6. The van der Waals surface area contributed by atoms with E-state index in [1.807, 2.05) is 58.9 Å². The Morgan fingerprint density at radius 3 is 1.64 bits per heavy atom. The van der Waals surface area contributed by atoms with Crippen LogP contribution in [-0.4, -0.2) is 25.9 Å². The summed E-state index contributed by atoms with van der Waals surface area (Å²) in [5.74, 6) is 1.01. The van der Waals surface area contributed by atoms with Gasteiger partial charge in [-0.1, -0.05) is 38.1 Å². The monoisotopic (exact) mass is 694 g/mol. The number of aromatic nitrogens is 4.